The largest absolute Gasteiger partial charge is 0.481 e. The highest BCUT2D eigenvalue weighted by atomic mass is 32.2. The SMILES string of the molecule is CC(C)(C)O[C@H]1CC[C@H](N(C(=O)Nc2ncc(SCC(=O)O)s2)C2CCCCCC2)CC1. The fourth-order valence-corrected chi connectivity index (χ4v) is 6.36. The number of carbonyl (C=O) groups excluding carboxylic acids is 1. The van der Waals surface area contributed by atoms with Crippen molar-refractivity contribution in [3.63, 3.8) is 0 Å². The Kier molecular flexibility index (Phi) is 9.25. The fraction of sp³-hybridized carbons (Fsp3) is 0.783. The number of carboxylic acids is 1. The van der Waals surface area contributed by atoms with Crippen LogP contribution in [0.15, 0.2) is 10.4 Å². The number of hydrogen-bond donors (Lipinski definition) is 2. The van der Waals surface area contributed by atoms with E-state index in [0.29, 0.717) is 5.13 Å². The molecule has 2 aliphatic rings. The van der Waals surface area contributed by atoms with Crippen LogP contribution in [-0.4, -0.2) is 56.5 Å². The third kappa shape index (κ3) is 7.92. The molecule has 0 saturated heterocycles. The molecule has 180 valence electrons. The Morgan fingerprint density at radius 1 is 1.12 bits per heavy atom. The first-order valence-corrected chi connectivity index (χ1v) is 13.6. The van der Waals surface area contributed by atoms with Crippen LogP contribution in [0.1, 0.15) is 85.0 Å². The van der Waals surface area contributed by atoms with Gasteiger partial charge in [-0.05, 0) is 59.3 Å². The number of ether oxygens (including phenoxy) is 1. The molecule has 0 aliphatic heterocycles. The van der Waals surface area contributed by atoms with Crippen LogP contribution in [0.25, 0.3) is 0 Å². The van der Waals surface area contributed by atoms with Gasteiger partial charge >= 0.3 is 12.0 Å². The molecule has 3 rings (SSSR count). The molecular formula is C23H37N3O4S2. The van der Waals surface area contributed by atoms with Crippen LogP contribution in [0.4, 0.5) is 9.93 Å². The number of rotatable bonds is 7. The average Bonchev–Trinajstić information content (AvgIpc) is 2.98. The van der Waals surface area contributed by atoms with E-state index < -0.39 is 5.97 Å². The van der Waals surface area contributed by atoms with Crippen molar-refractivity contribution in [3.8, 4) is 0 Å². The van der Waals surface area contributed by atoms with Crippen molar-refractivity contribution in [2.24, 2.45) is 0 Å². The van der Waals surface area contributed by atoms with E-state index in [1.54, 1.807) is 6.20 Å². The minimum absolute atomic E-state index is 0.0103. The van der Waals surface area contributed by atoms with Crippen molar-refractivity contribution in [1.29, 1.82) is 0 Å². The quantitative estimate of drug-likeness (QED) is 0.365. The highest BCUT2D eigenvalue weighted by Gasteiger charge is 2.35. The number of anilines is 1. The molecule has 2 saturated carbocycles. The molecule has 0 aromatic carbocycles. The molecule has 2 amide bonds. The molecule has 2 fully saturated rings. The molecule has 0 spiro atoms. The molecule has 0 radical (unpaired) electrons. The first kappa shape index (κ1) is 25.3. The zero-order valence-electron chi connectivity index (χ0n) is 19.5. The normalized spacial score (nSPS) is 22.8. The summed E-state index contributed by atoms with van der Waals surface area (Å²) in [6.45, 7) is 6.30. The van der Waals surface area contributed by atoms with E-state index >= 15 is 0 Å². The Morgan fingerprint density at radius 3 is 2.34 bits per heavy atom. The predicted molar refractivity (Wildman–Crippen MR) is 130 cm³/mol. The van der Waals surface area contributed by atoms with Gasteiger partial charge in [-0.3, -0.25) is 10.1 Å². The molecule has 0 bridgehead atoms. The summed E-state index contributed by atoms with van der Waals surface area (Å²) < 4.78 is 6.99. The lowest BCUT2D eigenvalue weighted by atomic mass is 9.89. The zero-order valence-corrected chi connectivity index (χ0v) is 21.1. The van der Waals surface area contributed by atoms with E-state index in [1.807, 2.05) is 0 Å². The third-order valence-electron chi connectivity index (χ3n) is 6.05. The molecule has 1 heterocycles. The van der Waals surface area contributed by atoms with Gasteiger partial charge in [-0.15, -0.1) is 11.8 Å². The molecule has 2 N–H and O–H groups in total. The number of amides is 2. The van der Waals surface area contributed by atoms with Gasteiger partial charge in [0.05, 0.1) is 27.9 Å². The van der Waals surface area contributed by atoms with Crippen LogP contribution in [0, 0.1) is 0 Å². The van der Waals surface area contributed by atoms with Crippen molar-refractivity contribution < 1.29 is 19.4 Å². The number of carboxylic acid groups (broad SMARTS) is 1. The Hall–Kier alpha value is -1.32. The van der Waals surface area contributed by atoms with Crippen LogP contribution in [0.5, 0.6) is 0 Å². The number of urea groups is 1. The standard InChI is InChI=1S/C23H37N3O4S2/c1-23(2,3)30-18-12-10-17(11-13-18)26(16-8-6-4-5-7-9-16)22(29)25-21-24-14-20(32-21)31-15-19(27)28/h14,16-18H,4-13,15H2,1-3H3,(H,27,28)(H,24,25,29)/t17-,18-. The first-order chi connectivity index (χ1) is 15.2. The number of thiazole rings is 1. The maximum atomic E-state index is 13.5. The van der Waals surface area contributed by atoms with E-state index in [0.717, 1.165) is 42.7 Å². The number of aromatic nitrogens is 1. The Labute approximate surface area is 199 Å². The maximum Gasteiger partial charge on any atom is 0.324 e. The second kappa shape index (κ2) is 11.7. The third-order valence-corrected chi connectivity index (χ3v) is 8.14. The Bertz CT molecular complexity index is 749. The molecule has 32 heavy (non-hydrogen) atoms. The summed E-state index contributed by atoms with van der Waals surface area (Å²) in [6, 6.07) is 0.420. The van der Waals surface area contributed by atoms with Gasteiger partial charge in [0.15, 0.2) is 5.13 Å². The molecule has 0 unspecified atom stereocenters. The summed E-state index contributed by atoms with van der Waals surface area (Å²) in [6.07, 6.45) is 12.7. The topological polar surface area (TPSA) is 91.8 Å². The summed E-state index contributed by atoms with van der Waals surface area (Å²) >= 11 is 2.56. The van der Waals surface area contributed by atoms with Crippen molar-refractivity contribution in [2.45, 2.75) is 113 Å². The Balaban J connectivity index is 1.66. The second-order valence-corrected chi connectivity index (χ2v) is 12.1. The van der Waals surface area contributed by atoms with Crippen molar-refractivity contribution >= 4 is 40.2 Å². The minimum Gasteiger partial charge on any atom is -0.481 e. The number of nitrogens with zero attached hydrogens (tertiary/aromatic N) is 2. The number of hydrogen-bond acceptors (Lipinski definition) is 6. The number of thioether (sulfide) groups is 1. The molecule has 9 heteroatoms. The fourth-order valence-electron chi connectivity index (χ4n) is 4.78. The highest BCUT2D eigenvalue weighted by Crippen LogP contribution is 2.34. The van der Waals surface area contributed by atoms with Gasteiger partial charge in [0.25, 0.3) is 0 Å². The molecule has 0 atom stereocenters. The van der Waals surface area contributed by atoms with Gasteiger partial charge in [-0.1, -0.05) is 37.0 Å². The molecule has 1 aromatic rings. The summed E-state index contributed by atoms with van der Waals surface area (Å²) in [5.74, 6) is -0.872. The van der Waals surface area contributed by atoms with E-state index in [9.17, 15) is 9.59 Å². The lowest BCUT2D eigenvalue weighted by Crippen LogP contribution is -2.51. The summed E-state index contributed by atoms with van der Waals surface area (Å²) in [4.78, 5) is 30.7. The molecule has 1 aromatic heterocycles. The average molecular weight is 484 g/mol. The van der Waals surface area contributed by atoms with Gasteiger partial charge in [0.2, 0.25) is 0 Å². The number of carbonyl (C=O) groups is 2. The van der Waals surface area contributed by atoms with Crippen LogP contribution in [-0.2, 0) is 9.53 Å². The highest BCUT2D eigenvalue weighted by molar-refractivity contribution is 8.01. The van der Waals surface area contributed by atoms with Crippen molar-refractivity contribution in [2.75, 3.05) is 11.1 Å². The van der Waals surface area contributed by atoms with Crippen LogP contribution >= 0.6 is 23.1 Å². The summed E-state index contributed by atoms with van der Waals surface area (Å²) in [7, 11) is 0. The van der Waals surface area contributed by atoms with Gasteiger partial charge in [-0.2, -0.15) is 0 Å². The van der Waals surface area contributed by atoms with Crippen molar-refractivity contribution in [1.82, 2.24) is 9.88 Å². The number of nitrogens with one attached hydrogen (secondary N) is 1. The predicted octanol–water partition coefficient (Wildman–Crippen LogP) is 6.00. The monoisotopic (exact) mass is 483 g/mol. The first-order valence-electron chi connectivity index (χ1n) is 11.8. The molecule has 2 aliphatic carbocycles. The van der Waals surface area contributed by atoms with Gasteiger partial charge in [0, 0.05) is 12.1 Å². The van der Waals surface area contributed by atoms with Crippen LogP contribution in [0.2, 0.25) is 0 Å². The maximum absolute atomic E-state index is 13.5. The van der Waals surface area contributed by atoms with E-state index in [-0.39, 0.29) is 35.6 Å². The van der Waals surface area contributed by atoms with Gasteiger partial charge < -0.3 is 14.7 Å². The van der Waals surface area contributed by atoms with E-state index in [2.05, 4.69) is 36.0 Å². The van der Waals surface area contributed by atoms with E-state index in [4.69, 9.17) is 9.84 Å². The van der Waals surface area contributed by atoms with Crippen molar-refractivity contribution in [3.05, 3.63) is 6.20 Å². The smallest absolute Gasteiger partial charge is 0.324 e. The molecule has 7 nitrogen and oxygen atoms in total. The van der Waals surface area contributed by atoms with E-state index in [1.165, 1.54) is 48.8 Å². The second-order valence-electron chi connectivity index (χ2n) is 9.81. The summed E-state index contributed by atoms with van der Waals surface area (Å²) in [5.41, 5.74) is -0.142. The lowest BCUT2D eigenvalue weighted by molar-refractivity contribution is -0.133. The van der Waals surface area contributed by atoms with Crippen LogP contribution in [0.3, 0.4) is 0 Å². The molecular weight excluding hydrogens is 446 g/mol. The lowest BCUT2D eigenvalue weighted by Gasteiger charge is -2.42. The van der Waals surface area contributed by atoms with Crippen LogP contribution < -0.4 is 5.32 Å². The number of aliphatic carboxylic acids is 1. The summed E-state index contributed by atoms with van der Waals surface area (Å²) in [5, 5.41) is 12.4. The minimum atomic E-state index is -0.862. The zero-order chi connectivity index (χ0) is 23.1. The van der Waals surface area contributed by atoms with Gasteiger partial charge in [-0.25, -0.2) is 9.78 Å². The Morgan fingerprint density at radius 2 is 1.75 bits per heavy atom. The van der Waals surface area contributed by atoms with Gasteiger partial charge in [0.1, 0.15) is 0 Å².